The lowest BCUT2D eigenvalue weighted by molar-refractivity contribution is -0.118. The van der Waals surface area contributed by atoms with Crippen molar-refractivity contribution in [1.29, 1.82) is 5.26 Å². The molecule has 0 saturated carbocycles. The minimum absolute atomic E-state index is 0.0742. The molecule has 2 heterocycles. The molecular weight excluding hydrogens is 674 g/mol. The highest BCUT2D eigenvalue weighted by Gasteiger charge is 2.41. The van der Waals surface area contributed by atoms with E-state index in [0.717, 1.165) is 68.0 Å². The maximum atomic E-state index is 13.6. The van der Waals surface area contributed by atoms with Crippen LogP contribution in [0.3, 0.4) is 0 Å². The van der Waals surface area contributed by atoms with Crippen molar-refractivity contribution >= 4 is 39.0 Å². The molecule has 2 aliphatic heterocycles. The first-order valence-corrected chi connectivity index (χ1v) is 17.8. The second kappa shape index (κ2) is 16.7. The van der Waals surface area contributed by atoms with Crippen molar-refractivity contribution in [2.45, 2.75) is 59.0 Å². The van der Waals surface area contributed by atoms with Gasteiger partial charge in [-0.05, 0) is 83.9 Å². The number of piperazine rings is 1. The molecule has 2 N–H and O–H groups in total. The van der Waals surface area contributed by atoms with Gasteiger partial charge in [0.1, 0.15) is 6.61 Å². The second-order valence-corrected chi connectivity index (χ2v) is 13.7. The Morgan fingerprint density at radius 2 is 1.90 bits per heavy atom. The van der Waals surface area contributed by atoms with Gasteiger partial charge in [-0.25, -0.2) is 0 Å². The van der Waals surface area contributed by atoms with Gasteiger partial charge in [0.25, 0.3) is 0 Å². The number of nitrogens with one attached hydrogen (secondary N) is 1. The third-order valence-electron chi connectivity index (χ3n) is 9.34. The smallest absolute Gasteiger partial charge is 0.238 e. The lowest BCUT2D eigenvalue weighted by Gasteiger charge is -2.35. The van der Waals surface area contributed by atoms with Crippen LogP contribution < -0.4 is 14.8 Å². The number of hydrogen-bond donors (Lipinski definition) is 2. The van der Waals surface area contributed by atoms with E-state index in [-0.39, 0.29) is 30.8 Å². The first kappa shape index (κ1) is 35.7. The topological polar surface area (TPSA) is 127 Å². The number of ketones is 1. The molecule has 1 fully saturated rings. The maximum Gasteiger partial charge on any atom is 0.238 e. The molecule has 0 aromatic heterocycles. The molecular formula is C37H46BrN5O5. The van der Waals surface area contributed by atoms with Crippen molar-refractivity contribution in [2.75, 3.05) is 57.8 Å². The Bertz CT molecular complexity index is 1590. The van der Waals surface area contributed by atoms with Crippen molar-refractivity contribution in [3.63, 3.8) is 0 Å². The van der Waals surface area contributed by atoms with Gasteiger partial charge >= 0.3 is 0 Å². The number of nitrogens with zero attached hydrogens (tertiary/aromatic N) is 4. The molecule has 10 nitrogen and oxygen atoms in total. The van der Waals surface area contributed by atoms with Gasteiger partial charge in [0.2, 0.25) is 5.91 Å². The predicted molar refractivity (Wildman–Crippen MR) is 189 cm³/mol. The number of hydrogen-bond acceptors (Lipinski definition) is 9. The zero-order valence-electron chi connectivity index (χ0n) is 28.1. The number of carbonyl (C=O) groups excluding carboxylic acids is 2. The number of nitriles is 1. The Hall–Kier alpha value is -3.56. The summed E-state index contributed by atoms with van der Waals surface area (Å²) in [6, 6.07) is 13.8. The van der Waals surface area contributed by atoms with Gasteiger partial charge in [-0.15, -0.1) is 0 Å². The third kappa shape index (κ3) is 8.53. The molecule has 1 aliphatic carbocycles. The Balaban J connectivity index is 1.30. The Kier molecular flexibility index (Phi) is 12.4. The van der Waals surface area contributed by atoms with Crippen molar-refractivity contribution in [1.82, 2.24) is 9.80 Å². The van der Waals surface area contributed by atoms with E-state index < -0.39 is 11.8 Å². The van der Waals surface area contributed by atoms with E-state index >= 15 is 0 Å². The number of aliphatic imine (C=N–C) groups is 1. The molecule has 0 bridgehead atoms. The van der Waals surface area contributed by atoms with Crippen LogP contribution in [-0.2, 0) is 16.2 Å². The fourth-order valence-corrected chi connectivity index (χ4v) is 7.63. The average Bonchev–Trinajstić information content (AvgIpc) is 3.05. The van der Waals surface area contributed by atoms with E-state index in [1.54, 1.807) is 0 Å². The summed E-state index contributed by atoms with van der Waals surface area (Å²) in [6.45, 7) is 10.9. The van der Waals surface area contributed by atoms with Gasteiger partial charge < -0.3 is 19.9 Å². The highest BCUT2D eigenvalue weighted by Crippen LogP contribution is 2.48. The van der Waals surface area contributed by atoms with Crippen molar-refractivity contribution in [3.8, 4) is 17.6 Å². The second-order valence-electron chi connectivity index (χ2n) is 12.8. The summed E-state index contributed by atoms with van der Waals surface area (Å²) in [5.41, 5.74) is 4.59. The van der Waals surface area contributed by atoms with Gasteiger partial charge in [0.15, 0.2) is 17.3 Å². The van der Waals surface area contributed by atoms with Gasteiger partial charge in [-0.3, -0.25) is 24.4 Å². The highest BCUT2D eigenvalue weighted by molar-refractivity contribution is 9.10. The number of benzene rings is 2. The monoisotopic (exact) mass is 719 g/mol. The molecule has 48 heavy (non-hydrogen) atoms. The molecule has 2 aromatic rings. The van der Waals surface area contributed by atoms with Crippen LogP contribution in [0.2, 0.25) is 0 Å². The van der Waals surface area contributed by atoms with E-state index in [1.165, 1.54) is 0 Å². The fourth-order valence-electron chi connectivity index (χ4n) is 7.06. The average molecular weight is 721 g/mol. The molecule has 3 atom stereocenters. The van der Waals surface area contributed by atoms with Crippen LogP contribution in [0, 0.1) is 23.2 Å². The quantitative estimate of drug-likeness (QED) is 0.270. The number of β-amino-alcohol motifs (C(OH)–C–C–N with tert-alkyl or cyclic N) is 1. The lowest BCUT2D eigenvalue weighted by atomic mass is 9.70. The summed E-state index contributed by atoms with van der Waals surface area (Å²) in [5, 5.41) is 22.4. The first-order valence-electron chi connectivity index (χ1n) is 17.0. The van der Waals surface area contributed by atoms with Crippen LogP contribution >= 0.6 is 15.9 Å². The molecule has 3 aliphatic rings. The molecule has 1 saturated heterocycles. The number of halogens is 1. The number of Topliss-reactive ketones (excluding diaryl/α,β-unsaturated/α-hetero) is 1. The van der Waals surface area contributed by atoms with Crippen LogP contribution in [0.1, 0.15) is 63.5 Å². The maximum absolute atomic E-state index is 13.6. The van der Waals surface area contributed by atoms with E-state index in [4.69, 9.17) is 19.6 Å². The van der Waals surface area contributed by atoms with Crippen LogP contribution in [0.4, 0.5) is 5.69 Å². The largest absolute Gasteiger partial charge is 0.490 e. The number of carbonyl (C=O) groups is 2. The van der Waals surface area contributed by atoms with Crippen LogP contribution in [0.15, 0.2) is 57.1 Å². The molecule has 256 valence electrons. The summed E-state index contributed by atoms with van der Waals surface area (Å²) in [4.78, 5) is 35.5. The zero-order valence-corrected chi connectivity index (χ0v) is 29.7. The van der Waals surface area contributed by atoms with Crippen molar-refractivity contribution in [3.05, 3.63) is 63.3 Å². The van der Waals surface area contributed by atoms with E-state index in [9.17, 15) is 14.9 Å². The van der Waals surface area contributed by atoms with Gasteiger partial charge in [-0.2, -0.15) is 5.26 Å². The van der Waals surface area contributed by atoms with Crippen LogP contribution in [0.25, 0.3) is 0 Å². The molecule has 2 aromatic carbocycles. The molecule has 11 heteroatoms. The number of anilines is 1. The SMILES string of the molecule is CCCC1CC(=O)C2=C(C1)N=C(C)C(C#N)C2c1cc(Br)c(OCc2cccc(NC(=O)CN3CCN(CCO)CC3)c2)c(OCC)c1. The standard InChI is InChI=1S/C37H46BrN5O5/c1-4-7-25-17-31-36(32(45)18-25)35(29(21-39)24(3)40-31)27-19-30(38)37(33(20-27)47-5-2)48-23-26-8-6-9-28(16-26)41-34(46)22-43-12-10-42(11-13-43)14-15-44/h6,8-9,16,19-20,25,29,35,44H,4-5,7,10-15,17-18,22-23H2,1-3H3,(H,41,46). The number of allylic oxidation sites excluding steroid dienone is 2. The summed E-state index contributed by atoms with van der Waals surface area (Å²) >= 11 is 3.71. The summed E-state index contributed by atoms with van der Waals surface area (Å²) in [5.74, 6) is 0.343. The Labute approximate surface area is 291 Å². The number of aliphatic hydroxyl groups is 1. The van der Waals surface area contributed by atoms with Gasteiger partial charge in [0, 0.05) is 67.7 Å². The van der Waals surface area contributed by atoms with Gasteiger partial charge in [-0.1, -0.05) is 25.5 Å². The van der Waals surface area contributed by atoms with Crippen LogP contribution in [0.5, 0.6) is 11.5 Å². The summed E-state index contributed by atoms with van der Waals surface area (Å²) < 4.78 is 13.1. The first-order chi connectivity index (χ1) is 23.2. The van der Waals surface area contributed by atoms with E-state index in [0.29, 0.717) is 53.3 Å². The fraction of sp³-hybridized carbons (Fsp3) is 0.514. The molecule has 3 unspecified atom stereocenters. The predicted octanol–water partition coefficient (Wildman–Crippen LogP) is 5.71. The van der Waals surface area contributed by atoms with Gasteiger partial charge in [0.05, 0.1) is 36.2 Å². The van der Waals surface area contributed by atoms with Crippen LogP contribution in [-0.4, -0.2) is 84.8 Å². The molecule has 1 amide bonds. The Morgan fingerprint density at radius 3 is 2.60 bits per heavy atom. The van der Waals surface area contributed by atoms with E-state index in [1.807, 2.05) is 50.2 Å². The zero-order chi connectivity index (χ0) is 34.2. The lowest BCUT2D eigenvalue weighted by Crippen LogP contribution is -2.49. The molecule has 5 rings (SSSR count). The number of ether oxygens (including phenoxy) is 2. The minimum Gasteiger partial charge on any atom is -0.490 e. The van der Waals surface area contributed by atoms with E-state index in [2.05, 4.69) is 44.0 Å². The number of amides is 1. The summed E-state index contributed by atoms with van der Waals surface area (Å²) in [7, 11) is 0. The molecule has 0 spiro atoms. The minimum atomic E-state index is -0.558. The highest BCUT2D eigenvalue weighted by atomic mass is 79.9. The molecule has 0 radical (unpaired) electrons. The Morgan fingerprint density at radius 1 is 1.12 bits per heavy atom. The van der Waals surface area contributed by atoms with Crippen molar-refractivity contribution in [2.24, 2.45) is 16.8 Å². The number of aliphatic hydroxyl groups excluding tert-OH is 1. The third-order valence-corrected chi connectivity index (χ3v) is 9.93. The van der Waals surface area contributed by atoms with Crippen molar-refractivity contribution < 1.29 is 24.2 Å². The normalized spacial score (nSPS) is 21.7. The number of rotatable bonds is 13. The summed E-state index contributed by atoms with van der Waals surface area (Å²) in [6.07, 6.45) is 3.24.